The van der Waals surface area contributed by atoms with Crippen LogP contribution in [0.2, 0.25) is 0 Å². The fourth-order valence-corrected chi connectivity index (χ4v) is 2.08. The maximum atomic E-state index is 10.9. The van der Waals surface area contributed by atoms with Crippen molar-refractivity contribution in [3.63, 3.8) is 0 Å². The Balaban J connectivity index is 2.18. The summed E-state index contributed by atoms with van der Waals surface area (Å²) in [6.45, 7) is 2.45. The van der Waals surface area contributed by atoms with Gasteiger partial charge in [-0.25, -0.2) is 0 Å². The van der Waals surface area contributed by atoms with Crippen molar-refractivity contribution in [2.75, 3.05) is 5.32 Å². The monoisotopic (exact) mass is 336 g/mol. The molecule has 0 aromatic heterocycles. The summed E-state index contributed by atoms with van der Waals surface area (Å²) in [5.41, 5.74) is 2.37. The summed E-state index contributed by atoms with van der Waals surface area (Å²) in [5.74, 6) is -0.123. The van der Waals surface area contributed by atoms with Gasteiger partial charge in [0.2, 0.25) is 0 Å². The number of phenolic OH excluding ortho intramolecular Hbond substituents is 1. The Morgan fingerprint density at radius 2 is 2.05 bits per heavy atom. The first kappa shape index (κ1) is 14.3. The van der Waals surface area contributed by atoms with Crippen molar-refractivity contribution in [2.24, 2.45) is 0 Å². The van der Waals surface area contributed by atoms with E-state index in [9.17, 15) is 15.2 Å². The van der Waals surface area contributed by atoms with Crippen molar-refractivity contribution in [3.05, 3.63) is 62.1 Å². The minimum Gasteiger partial charge on any atom is -0.508 e. The number of aryl methyl sites for hydroxylation is 1. The number of nitrogens with one attached hydrogen (secondary N) is 1. The molecule has 6 heteroatoms. The molecule has 104 valence electrons. The number of hydrogen-bond acceptors (Lipinski definition) is 4. The first-order chi connectivity index (χ1) is 9.47. The first-order valence-corrected chi connectivity index (χ1v) is 6.73. The van der Waals surface area contributed by atoms with Gasteiger partial charge in [-0.15, -0.1) is 0 Å². The minimum atomic E-state index is -0.519. The molecule has 2 aromatic rings. The molecule has 5 nitrogen and oxygen atoms in total. The van der Waals surface area contributed by atoms with Crippen LogP contribution in [-0.4, -0.2) is 10.0 Å². The summed E-state index contributed by atoms with van der Waals surface area (Å²) >= 11 is 3.43. The summed E-state index contributed by atoms with van der Waals surface area (Å²) in [4.78, 5) is 10.4. The molecular formula is C14H13BrN2O3. The quantitative estimate of drug-likeness (QED) is 0.503. The summed E-state index contributed by atoms with van der Waals surface area (Å²) in [6.07, 6.45) is 0. The number of nitro groups is 1. The first-order valence-electron chi connectivity index (χ1n) is 5.93. The van der Waals surface area contributed by atoms with Crippen LogP contribution < -0.4 is 5.32 Å². The summed E-state index contributed by atoms with van der Waals surface area (Å²) in [7, 11) is 0. The Hall–Kier alpha value is -2.08. The third-order valence-corrected chi connectivity index (χ3v) is 3.77. The van der Waals surface area contributed by atoms with Gasteiger partial charge in [0.15, 0.2) is 0 Å². The molecule has 2 N–H and O–H groups in total. The molecule has 20 heavy (non-hydrogen) atoms. The normalized spacial score (nSPS) is 10.3. The number of halogens is 1. The molecule has 0 aliphatic rings. The molecule has 0 saturated heterocycles. The lowest BCUT2D eigenvalue weighted by Gasteiger charge is -2.09. The van der Waals surface area contributed by atoms with Crippen LogP contribution in [-0.2, 0) is 6.54 Å². The van der Waals surface area contributed by atoms with Crippen molar-refractivity contribution in [3.8, 4) is 5.75 Å². The predicted octanol–water partition coefficient (Wildman–Crippen LogP) is 3.98. The number of aromatic hydroxyl groups is 1. The van der Waals surface area contributed by atoms with Gasteiger partial charge in [0, 0.05) is 11.0 Å². The van der Waals surface area contributed by atoms with Crippen LogP contribution in [0.4, 0.5) is 11.4 Å². The van der Waals surface area contributed by atoms with Gasteiger partial charge in [0.25, 0.3) is 5.69 Å². The molecule has 0 aliphatic carbocycles. The van der Waals surface area contributed by atoms with Gasteiger partial charge < -0.3 is 10.4 Å². The highest BCUT2D eigenvalue weighted by atomic mass is 79.9. The van der Waals surface area contributed by atoms with Crippen LogP contribution in [0.25, 0.3) is 0 Å². The standard InChI is InChI=1S/C14H13BrN2O3/c1-9-6-10(2-4-12(9)15)8-16-13-5-3-11(18)7-14(13)17(19)20/h2-7,16,18H,8H2,1H3. The van der Waals surface area contributed by atoms with E-state index in [-0.39, 0.29) is 11.4 Å². The minimum absolute atomic E-state index is 0.123. The number of nitro benzene ring substituents is 1. The third-order valence-electron chi connectivity index (χ3n) is 2.88. The lowest BCUT2D eigenvalue weighted by molar-refractivity contribution is -0.384. The van der Waals surface area contributed by atoms with Crippen molar-refractivity contribution in [1.29, 1.82) is 0 Å². The Bertz CT molecular complexity index is 659. The molecule has 0 unspecified atom stereocenters. The van der Waals surface area contributed by atoms with E-state index in [0.717, 1.165) is 21.7 Å². The zero-order chi connectivity index (χ0) is 14.7. The molecule has 0 radical (unpaired) electrons. The van der Waals surface area contributed by atoms with Gasteiger partial charge in [0.1, 0.15) is 11.4 Å². The molecule has 0 saturated carbocycles. The second-order valence-corrected chi connectivity index (χ2v) is 5.25. The fraction of sp³-hybridized carbons (Fsp3) is 0.143. The lowest BCUT2D eigenvalue weighted by Crippen LogP contribution is -2.02. The predicted molar refractivity (Wildman–Crippen MR) is 81.0 cm³/mol. The van der Waals surface area contributed by atoms with E-state index >= 15 is 0 Å². The third kappa shape index (κ3) is 3.27. The Labute approximate surface area is 124 Å². The smallest absolute Gasteiger partial charge is 0.296 e. The molecule has 2 rings (SSSR count). The number of hydrogen-bond donors (Lipinski definition) is 2. The molecule has 0 fully saturated rings. The van der Waals surface area contributed by atoms with Crippen molar-refractivity contribution < 1.29 is 10.0 Å². The summed E-state index contributed by atoms with van der Waals surface area (Å²) < 4.78 is 1.02. The summed E-state index contributed by atoms with van der Waals surface area (Å²) in [5, 5.41) is 23.3. The zero-order valence-corrected chi connectivity index (χ0v) is 12.3. The highest BCUT2D eigenvalue weighted by Gasteiger charge is 2.14. The molecule has 2 aromatic carbocycles. The Kier molecular flexibility index (Phi) is 4.24. The van der Waals surface area contributed by atoms with Crippen molar-refractivity contribution >= 4 is 27.3 Å². The largest absolute Gasteiger partial charge is 0.508 e. The molecular weight excluding hydrogens is 324 g/mol. The van der Waals surface area contributed by atoms with Crippen molar-refractivity contribution in [2.45, 2.75) is 13.5 Å². The highest BCUT2D eigenvalue weighted by Crippen LogP contribution is 2.29. The van der Waals surface area contributed by atoms with Crippen LogP contribution in [0.15, 0.2) is 40.9 Å². The van der Waals surface area contributed by atoms with Gasteiger partial charge in [-0.05, 0) is 36.2 Å². The maximum Gasteiger partial charge on any atom is 0.296 e. The lowest BCUT2D eigenvalue weighted by atomic mass is 10.1. The highest BCUT2D eigenvalue weighted by molar-refractivity contribution is 9.10. The second-order valence-electron chi connectivity index (χ2n) is 4.40. The molecule has 0 atom stereocenters. The van der Waals surface area contributed by atoms with Gasteiger partial charge in [0.05, 0.1) is 11.0 Å². The van der Waals surface area contributed by atoms with Gasteiger partial charge in [-0.3, -0.25) is 10.1 Å². The average molecular weight is 337 g/mol. The van der Waals surface area contributed by atoms with Crippen LogP contribution in [0.5, 0.6) is 5.75 Å². The average Bonchev–Trinajstić information content (AvgIpc) is 2.41. The number of anilines is 1. The zero-order valence-electron chi connectivity index (χ0n) is 10.8. The maximum absolute atomic E-state index is 10.9. The summed E-state index contributed by atoms with van der Waals surface area (Å²) in [6, 6.07) is 9.94. The number of phenols is 1. The number of nitrogens with zero attached hydrogens (tertiary/aromatic N) is 1. The van der Waals surface area contributed by atoms with E-state index in [1.807, 2.05) is 25.1 Å². The van der Waals surface area contributed by atoms with E-state index in [1.54, 1.807) is 0 Å². The van der Waals surface area contributed by atoms with Crippen LogP contribution in [0.1, 0.15) is 11.1 Å². The molecule has 0 aliphatic heterocycles. The molecule has 0 spiro atoms. The van der Waals surface area contributed by atoms with Gasteiger partial charge >= 0.3 is 0 Å². The Morgan fingerprint density at radius 3 is 2.70 bits per heavy atom. The molecule has 0 heterocycles. The number of rotatable bonds is 4. The fourth-order valence-electron chi connectivity index (χ4n) is 1.83. The van der Waals surface area contributed by atoms with E-state index in [0.29, 0.717) is 12.2 Å². The SMILES string of the molecule is Cc1cc(CNc2ccc(O)cc2[N+](=O)[O-])ccc1Br. The van der Waals surface area contributed by atoms with Crippen LogP contribution in [0, 0.1) is 17.0 Å². The van der Waals surface area contributed by atoms with E-state index in [1.165, 1.54) is 12.1 Å². The Morgan fingerprint density at radius 1 is 1.30 bits per heavy atom. The van der Waals surface area contributed by atoms with Gasteiger partial charge in [-0.1, -0.05) is 28.1 Å². The molecule has 0 bridgehead atoms. The topological polar surface area (TPSA) is 75.4 Å². The second kappa shape index (κ2) is 5.92. The van der Waals surface area contributed by atoms with E-state index < -0.39 is 4.92 Å². The van der Waals surface area contributed by atoms with Crippen LogP contribution in [0.3, 0.4) is 0 Å². The van der Waals surface area contributed by atoms with Crippen LogP contribution >= 0.6 is 15.9 Å². The van der Waals surface area contributed by atoms with Gasteiger partial charge in [-0.2, -0.15) is 0 Å². The van der Waals surface area contributed by atoms with E-state index in [4.69, 9.17) is 0 Å². The van der Waals surface area contributed by atoms with E-state index in [2.05, 4.69) is 21.2 Å². The number of benzene rings is 2. The van der Waals surface area contributed by atoms with Crippen molar-refractivity contribution in [1.82, 2.24) is 0 Å². The molecule has 0 amide bonds.